The van der Waals surface area contributed by atoms with Gasteiger partial charge in [-0.1, -0.05) is 87.2 Å². The Morgan fingerprint density at radius 1 is 0.900 bits per heavy atom. The zero-order valence-electron chi connectivity index (χ0n) is 18.4. The Balaban J connectivity index is 1.57. The molecule has 160 valence electrons. The third-order valence-corrected chi connectivity index (χ3v) is 6.92. The van der Waals surface area contributed by atoms with Crippen LogP contribution in [0.15, 0.2) is 54.6 Å². The predicted molar refractivity (Wildman–Crippen MR) is 123 cm³/mol. The average molecular weight is 405 g/mol. The SMILES string of the molecule is CCCCCCC1c2ccccc2CCN1C(=O)N1CCCCC1c1ccccc1. The minimum atomic E-state index is 0.213. The lowest BCUT2D eigenvalue weighted by molar-refractivity contribution is 0.0941. The van der Waals surface area contributed by atoms with Gasteiger partial charge in [0.25, 0.3) is 0 Å². The van der Waals surface area contributed by atoms with Crippen molar-refractivity contribution in [3.63, 3.8) is 0 Å². The van der Waals surface area contributed by atoms with Crippen LogP contribution in [0.25, 0.3) is 0 Å². The lowest BCUT2D eigenvalue weighted by Crippen LogP contribution is -2.50. The molecule has 0 aromatic heterocycles. The summed E-state index contributed by atoms with van der Waals surface area (Å²) in [6.07, 6.45) is 10.4. The molecular weight excluding hydrogens is 368 g/mol. The van der Waals surface area contributed by atoms with E-state index in [0.29, 0.717) is 0 Å². The first-order valence-electron chi connectivity index (χ1n) is 12.0. The molecule has 30 heavy (non-hydrogen) atoms. The zero-order chi connectivity index (χ0) is 20.8. The number of fused-ring (bicyclic) bond motifs is 1. The fourth-order valence-electron chi connectivity index (χ4n) is 5.30. The van der Waals surface area contributed by atoms with Gasteiger partial charge in [0.15, 0.2) is 0 Å². The van der Waals surface area contributed by atoms with Crippen LogP contribution >= 0.6 is 0 Å². The van der Waals surface area contributed by atoms with Crippen LogP contribution < -0.4 is 0 Å². The normalized spacial score (nSPS) is 21.4. The highest BCUT2D eigenvalue weighted by Crippen LogP contribution is 2.37. The number of nitrogens with zero attached hydrogens (tertiary/aromatic N) is 2. The number of unbranched alkanes of at least 4 members (excludes halogenated alkanes) is 3. The van der Waals surface area contributed by atoms with E-state index in [-0.39, 0.29) is 18.1 Å². The molecule has 2 aromatic rings. The molecule has 2 heterocycles. The molecule has 0 spiro atoms. The Bertz CT molecular complexity index is 819. The molecule has 4 rings (SSSR count). The Labute approximate surface area is 182 Å². The van der Waals surface area contributed by atoms with E-state index in [1.807, 2.05) is 0 Å². The molecule has 0 radical (unpaired) electrons. The molecule has 0 bridgehead atoms. The Morgan fingerprint density at radius 3 is 2.53 bits per heavy atom. The van der Waals surface area contributed by atoms with Crippen molar-refractivity contribution < 1.29 is 4.79 Å². The molecule has 2 aromatic carbocycles. The van der Waals surface area contributed by atoms with Crippen LogP contribution in [0.1, 0.15) is 87.1 Å². The second-order valence-corrected chi connectivity index (χ2v) is 8.91. The first-order chi connectivity index (χ1) is 14.8. The number of urea groups is 1. The Hall–Kier alpha value is -2.29. The molecule has 2 aliphatic rings. The summed E-state index contributed by atoms with van der Waals surface area (Å²) < 4.78 is 0. The Kier molecular flexibility index (Phi) is 7.09. The summed E-state index contributed by atoms with van der Waals surface area (Å²) in [5.74, 6) is 0. The molecule has 1 fully saturated rings. The van der Waals surface area contributed by atoms with Crippen molar-refractivity contribution in [1.82, 2.24) is 9.80 Å². The van der Waals surface area contributed by atoms with E-state index >= 15 is 0 Å². The predicted octanol–water partition coefficient (Wildman–Crippen LogP) is 6.90. The van der Waals surface area contributed by atoms with Crippen molar-refractivity contribution in [2.45, 2.75) is 76.8 Å². The molecule has 0 aliphatic carbocycles. The van der Waals surface area contributed by atoms with E-state index in [1.165, 1.54) is 48.8 Å². The van der Waals surface area contributed by atoms with Crippen molar-refractivity contribution in [3.8, 4) is 0 Å². The summed E-state index contributed by atoms with van der Waals surface area (Å²) in [5.41, 5.74) is 4.09. The molecule has 0 N–H and O–H groups in total. The summed E-state index contributed by atoms with van der Waals surface area (Å²) in [7, 11) is 0. The number of hydrogen-bond donors (Lipinski definition) is 0. The summed E-state index contributed by atoms with van der Waals surface area (Å²) in [6.45, 7) is 3.97. The van der Waals surface area contributed by atoms with Gasteiger partial charge >= 0.3 is 6.03 Å². The van der Waals surface area contributed by atoms with Crippen molar-refractivity contribution in [2.75, 3.05) is 13.1 Å². The van der Waals surface area contributed by atoms with Gasteiger partial charge in [-0.15, -0.1) is 0 Å². The third-order valence-electron chi connectivity index (χ3n) is 6.92. The summed E-state index contributed by atoms with van der Waals surface area (Å²) >= 11 is 0. The maximum Gasteiger partial charge on any atom is 0.321 e. The van der Waals surface area contributed by atoms with Gasteiger partial charge in [-0.2, -0.15) is 0 Å². The maximum atomic E-state index is 13.9. The molecule has 1 saturated heterocycles. The minimum absolute atomic E-state index is 0.213. The first-order valence-corrected chi connectivity index (χ1v) is 12.0. The third kappa shape index (κ3) is 4.55. The number of amides is 2. The summed E-state index contributed by atoms with van der Waals surface area (Å²) in [6, 6.07) is 20.1. The van der Waals surface area contributed by atoms with E-state index in [4.69, 9.17) is 0 Å². The van der Waals surface area contributed by atoms with Crippen LogP contribution in [-0.4, -0.2) is 28.9 Å². The average Bonchev–Trinajstić information content (AvgIpc) is 2.82. The van der Waals surface area contributed by atoms with Crippen LogP contribution in [0.4, 0.5) is 4.79 Å². The first kappa shape index (κ1) is 21.0. The molecule has 2 amide bonds. The van der Waals surface area contributed by atoms with Gasteiger partial charge in [0.2, 0.25) is 0 Å². The molecule has 2 unspecified atom stereocenters. The molecule has 3 heteroatoms. The zero-order valence-corrected chi connectivity index (χ0v) is 18.4. The highest BCUT2D eigenvalue weighted by atomic mass is 16.2. The standard InChI is InChI=1S/C27H36N2O/c1-2-3-4-8-18-26-24-16-10-9-13-22(24)19-21-29(26)27(30)28-20-12-11-17-25(28)23-14-6-5-7-15-23/h5-7,9-10,13-16,25-26H,2-4,8,11-12,17-21H2,1H3. The van der Waals surface area contributed by atoms with Gasteiger partial charge in [-0.25, -0.2) is 4.79 Å². The van der Waals surface area contributed by atoms with Crippen LogP contribution in [0, 0.1) is 0 Å². The number of hydrogen-bond acceptors (Lipinski definition) is 1. The van der Waals surface area contributed by atoms with E-state index in [1.54, 1.807) is 0 Å². The lowest BCUT2D eigenvalue weighted by Gasteiger charge is -2.44. The van der Waals surface area contributed by atoms with Crippen molar-refractivity contribution in [3.05, 3.63) is 71.3 Å². The second-order valence-electron chi connectivity index (χ2n) is 8.91. The molecule has 3 nitrogen and oxygen atoms in total. The van der Waals surface area contributed by atoms with Gasteiger partial charge in [-0.3, -0.25) is 0 Å². The van der Waals surface area contributed by atoms with Gasteiger partial charge in [0.1, 0.15) is 0 Å². The van der Waals surface area contributed by atoms with Gasteiger partial charge < -0.3 is 9.80 Å². The topological polar surface area (TPSA) is 23.6 Å². The number of carbonyl (C=O) groups excluding carboxylic acids is 1. The highest BCUT2D eigenvalue weighted by molar-refractivity contribution is 5.76. The summed E-state index contributed by atoms with van der Waals surface area (Å²) in [4.78, 5) is 18.3. The number of rotatable bonds is 6. The minimum Gasteiger partial charge on any atom is -0.318 e. The second kappa shape index (κ2) is 10.1. The van der Waals surface area contributed by atoms with E-state index in [2.05, 4.69) is 71.3 Å². The molecule has 2 aliphatic heterocycles. The summed E-state index contributed by atoms with van der Waals surface area (Å²) in [5, 5.41) is 0. The van der Waals surface area contributed by atoms with Gasteiger partial charge in [0, 0.05) is 13.1 Å². The largest absolute Gasteiger partial charge is 0.321 e. The van der Waals surface area contributed by atoms with Crippen LogP contribution in [0.2, 0.25) is 0 Å². The van der Waals surface area contributed by atoms with Crippen LogP contribution in [0.5, 0.6) is 0 Å². The van der Waals surface area contributed by atoms with E-state index < -0.39 is 0 Å². The maximum absolute atomic E-state index is 13.9. The number of benzene rings is 2. The smallest absolute Gasteiger partial charge is 0.318 e. The monoisotopic (exact) mass is 404 g/mol. The lowest BCUT2D eigenvalue weighted by atomic mass is 9.89. The van der Waals surface area contributed by atoms with Crippen LogP contribution in [-0.2, 0) is 6.42 Å². The van der Waals surface area contributed by atoms with Gasteiger partial charge in [0.05, 0.1) is 12.1 Å². The van der Waals surface area contributed by atoms with E-state index in [9.17, 15) is 4.79 Å². The number of carbonyl (C=O) groups is 1. The highest BCUT2D eigenvalue weighted by Gasteiger charge is 2.36. The fraction of sp³-hybridized carbons (Fsp3) is 0.519. The fourth-order valence-corrected chi connectivity index (χ4v) is 5.30. The van der Waals surface area contributed by atoms with Crippen molar-refractivity contribution in [2.24, 2.45) is 0 Å². The van der Waals surface area contributed by atoms with E-state index in [0.717, 1.165) is 38.8 Å². The quantitative estimate of drug-likeness (QED) is 0.480. The van der Waals surface area contributed by atoms with Crippen molar-refractivity contribution in [1.29, 1.82) is 0 Å². The number of likely N-dealkylation sites (tertiary alicyclic amines) is 1. The Morgan fingerprint density at radius 2 is 1.70 bits per heavy atom. The molecule has 2 atom stereocenters. The molecule has 0 saturated carbocycles. The molecular formula is C27H36N2O. The van der Waals surface area contributed by atoms with Crippen molar-refractivity contribution >= 4 is 6.03 Å². The van der Waals surface area contributed by atoms with Crippen LogP contribution in [0.3, 0.4) is 0 Å². The number of piperidine rings is 1. The van der Waals surface area contributed by atoms with Gasteiger partial charge in [-0.05, 0) is 48.8 Å².